The van der Waals surface area contributed by atoms with Crippen LogP contribution in [0.4, 0.5) is 0 Å². The Labute approximate surface area is 345 Å². The van der Waals surface area contributed by atoms with E-state index in [1.807, 2.05) is 0 Å². The average Bonchev–Trinajstić information content (AvgIpc) is 3.44. The Morgan fingerprint density at radius 2 is 0.737 bits per heavy atom. The van der Waals surface area contributed by atoms with Crippen LogP contribution in [-0.4, -0.2) is 0 Å². The molecular weight excluding hydrogens is 685 g/mol. The third-order valence-corrected chi connectivity index (χ3v) is 12.8. The fourth-order valence-corrected chi connectivity index (χ4v) is 10.7. The molecule has 0 spiro atoms. The topological polar surface area (TPSA) is 0 Å². The summed E-state index contributed by atoms with van der Waals surface area (Å²) < 4.78 is 0. The SMILES string of the molecule is CCCCCCc1cc(C)cc(C2(c3cc(C)cc(CCCCCC)c3)c3cc(-c4c(C)cc(C)cc4C)ccc3-c3ccc(-c4c(C)cc(C)cc4C)cc32)c1. The molecule has 0 aromatic heterocycles. The van der Waals surface area contributed by atoms with Crippen LogP contribution in [0.2, 0.25) is 0 Å². The molecule has 1 aliphatic carbocycles. The number of aryl methyl sites for hydroxylation is 10. The Hall–Kier alpha value is -4.68. The first kappa shape index (κ1) is 40.5. The second-order valence-corrected chi connectivity index (χ2v) is 17.9. The Balaban J connectivity index is 1.58. The molecule has 0 bridgehead atoms. The summed E-state index contributed by atoms with van der Waals surface area (Å²) in [5.41, 5.74) is 26.8. The fraction of sp³-hybridized carbons (Fsp3) is 0.368. The van der Waals surface area contributed by atoms with E-state index in [9.17, 15) is 0 Å². The molecule has 0 nitrogen and oxygen atoms in total. The molecule has 0 N–H and O–H groups in total. The first-order valence-corrected chi connectivity index (χ1v) is 22.1. The summed E-state index contributed by atoms with van der Waals surface area (Å²) in [4.78, 5) is 0. The van der Waals surface area contributed by atoms with E-state index < -0.39 is 5.41 Å². The zero-order chi connectivity index (χ0) is 40.4. The summed E-state index contributed by atoms with van der Waals surface area (Å²) in [6.07, 6.45) is 12.4. The largest absolute Gasteiger partial charge is 0.0714 e. The molecule has 7 rings (SSSR count). The minimum absolute atomic E-state index is 0.496. The van der Waals surface area contributed by atoms with Gasteiger partial charge in [-0.2, -0.15) is 0 Å². The maximum atomic E-state index is 2.60. The second-order valence-electron chi connectivity index (χ2n) is 17.9. The quantitative estimate of drug-likeness (QED) is 0.0971. The number of benzene rings is 6. The van der Waals surface area contributed by atoms with Crippen LogP contribution in [0, 0.1) is 55.4 Å². The van der Waals surface area contributed by atoms with Crippen LogP contribution in [0.5, 0.6) is 0 Å². The summed E-state index contributed by atoms with van der Waals surface area (Å²) in [5.74, 6) is 0. The van der Waals surface area contributed by atoms with Gasteiger partial charge in [0, 0.05) is 0 Å². The van der Waals surface area contributed by atoms with Gasteiger partial charge in [0.25, 0.3) is 0 Å². The van der Waals surface area contributed by atoms with Crippen LogP contribution in [0.15, 0.2) is 97.1 Å². The first-order valence-electron chi connectivity index (χ1n) is 22.1. The smallest absolute Gasteiger partial charge is 0.0654 e. The average molecular weight is 751 g/mol. The van der Waals surface area contributed by atoms with Crippen LogP contribution in [-0.2, 0) is 18.3 Å². The number of fused-ring (bicyclic) bond motifs is 3. The first-order chi connectivity index (χ1) is 27.4. The maximum absolute atomic E-state index is 2.60. The molecule has 0 saturated heterocycles. The molecule has 0 saturated carbocycles. The lowest BCUT2D eigenvalue weighted by Gasteiger charge is -2.36. The normalized spacial score (nSPS) is 12.9. The van der Waals surface area contributed by atoms with Crippen molar-refractivity contribution in [3.63, 3.8) is 0 Å². The lowest BCUT2D eigenvalue weighted by Crippen LogP contribution is -2.29. The zero-order valence-corrected chi connectivity index (χ0v) is 36.8. The molecule has 0 unspecified atom stereocenters. The molecule has 294 valence electrons. The lowest BCUT2D eigenvalue weighted by atomic mass is 9.66. The minimum atomic E-state index is -0.496. The molecule has 6 aromatic carbocycles. The Morgan fingerprint density at radius 3 is 1.11 bits per heavy atom. The monoisotopic (exact) mass is 751 g/mol. The van der Waals surface area contributed by atoms with Crippen LogP contribution in [0.3, 0.4) is 0 Å². The third kappa shape index (κ3) is 7.95. The predicted molar refractivity (Wildman–Crippen MR) is 248 cm³/mol. The van der Waals surface area contributed by atoms with E-state index in [4.69, 9.17) is 0 Å². The molecule has 6 aromatic rings. The molecule has 0 heterocycles. The van der Waals surface area contributed by atoms with Crippen molar-refractivity contribution in [2.75, 3.05) is 0 Å². The molecule has 0 fully saturated rings. The molecule has 0 heteroatoms. The van der Waals surface area contributed by atoms with Gasteiger partial charge < -0.3 is 0 Å². The molecule has 57 heavy (non-hydrogen) atoms. The number of hydrogen-bond acceptors (Lipinski definition) is 0. The van der Waals surface area contributed by atoms with Crippen molar-refractivity contribution in [2.45, 2.75) is 139 Å². The highest BCUT2D eigenvalue weighted by Crippen LogP contribution is 2.58. The summed E-state index contributed by atoms with van der Waals surface area (Å²) in [6.45, 7) is 22.9. The van der Waals surface area contributed by atoms with Gasteiger partial charge in [0.05, 0.1) is 5.41 Å². The predicted octanol–water partition coefficient (Wildman–Crippen LogP) is 16.1. The van der Waals surface area contributed by atoms with E-state index in [1.54, 1.807) is 0 Å². The zero-order valence-electron chi connectivity index (χ0n) is 36.8. The van der Waals surface area contributed by atoms with Crippen molar-refractivity contribution in [2.24, 2.45) is 0 Å². The van der Waals surface area contributed by atoms with E-state index in [0.717, 1.165) is 12.8 Å². The number of unbranched alkanes of at least 4 members (excludes halogenated alkanes) is 6. The van der Waals surface area contributed by atoms with Crippen molar-refractivity contribution in [3.8, 4) is 33.4 Å². The number of rotatable bonds is 14. The van der Waals surface area contributed by atoms with Gasteiger partial charge in [-0.25, -0.2) is 0 Å². The molecular formula is C57H66. The molecule has 0 radical (unpaired) electrons. The Bertz CT molecular complexity index is 2200. The van der Waals surface area contributed by atoms with E-state index in [2.05, 4.69) is 166 Å². The van der Waals surface area contributed by atoms with Gasteiger partial charge >= 0.3 is 0 Å². The van der Waals surface area contributed by atoms with E-state index in [0.29, 0.717) is 0 Å². The van der Waals surface area contributed by atoms with E-state index in [1.165, 1.54) is 163 Å². The second kappa shape index (κ2) is 17.0. The minimum Gasteiger partial charge on any atom is -0.0654 e. The van der Waals surface area contributed by atoms with Crippen molar-refractivity contribution < 1.29 is 0 Å². The fourth-order valence-electron chi connectivity index (χ4n) is 10.7. The van der Waals surface area contributed by atoms with Gasteiger partial charge in [0.1, 0.15) is 0 Å². The summed E-state index contributed by atoms with van der Waals surface area (Å²) in [5, 5.41) is 0. The maximum Gasteiger partial charge on any atom is 0.0714 e. The third-order valence-electron chi connectivity index (χ3n) is 12.8. The van der Waals surface area contributed by atoms with Crippen molar-refractivity contribution in [3.05, 3.63) is 175 Å². The van der Waals surface area contributed by atoms with E-state index >= 15 is 0 Å². The molecule has 0 aliphatic heterocycles. The van der Waals surface area contributed by atoms with Gasteiger partial charge in [-0.1, -0.05) is 160 Å². The highest BCUT2D eigenvalue weighted by molar-refractivity contribution is 5.91. The van der Waals surface area contributed by atoms with Crippen molar-refractivity contribution in [1.82, 2.24) is 0 Å². The number of hydrogen-bond donors (Lipinski definition) is 0. The van der Waals surface area contributed by atoms with Crippen molar-refractivity contribution >= 4 is 0 Å². The van der Waals surface area contributed by atoms with Gasteiger partial charge in [-0.05, 0) is 182 Å². The summed E-state index contributed by atoms with van der Waals surface area (Å²) in [6, 6.07) is 39.5. The van der Waals surface area contributed by atoms with Gasteiger partial charge in [-0.3, -0.25) is 0 Å². The molecule has 1 aliphatic rings. The standard InChI is InChI=1S/C57H66/c1-11-13-15-17-19-45-29-39(5)31-49(33-45)57(50-32-40(6)30-46(34-50)20-18-16-14-12-2)53-35-47(55-41(7)25-37(3)26-42(55)8)21-23-51(53)52-24-22-48(36-54(52)57)56-43(9)27-38(4)28-44(56)10/h21-36H,11-20H2,1-10H3. The highest BCUT2D eigenvalue weighted by Gasteiger charge is 2.47. The van der Waals surface area contributed by atoms with Crippen LogP contribution < -0.4 is 0 Å². The highest BCUT2D eigenvalue weighted by atomic mass is 14.5. The van der Waals surface area contributed by atoms with E-state index in [-0.39, 0.29) is 0 Å². The van der Waals surface area contributed by atoms with Gasteiger partial charge in [0.2, 0.25) is 0 Å². The van der Waals surface area contributed by atoms with Crippen LogP contribution in [0.25, 0.3) is 33.4 Å². The van der Waals surface area contributed by atoms with Gasteiger partial charge in [0.15, 0.2) is 0 Å². The Kier molecular flexibility index (Phi) is 12.1. The Morgan fingerprint density at radius 1 is 0.368 bits per heavy atom. The van der Waals surface area contributed by atoms with Crippen LogP contribution >= 0.6 is 0 Å². The lowest BCUT2D eigenvalue weighted by molar-refractivity contribution is 0.664. The van der Waals surface area contributed by atoms with Crippen molar-refractivity contribution in [1.29, 1.82) is 0 Å². The molecule has 0 atom stereocenters. The summed E-state index contributed by atoms with van der Waals surface area (Å²) >= 11 is 0. The summed E-state index contributed by atoms with van der Waals surface area (Å²) in [7, 11) is 0. The molecule has 0 amide bonds. The van der Waals surface area contributed by atoms with Crippen LogP contribution in [0.1, 0.15) is 143 Å². The van der Waals surface area contributed by atoms with Gasteiger partial charge in [-0.15, -0.1) is 0 Å².